The SMILES string of the molecule is Nc1ccccc1.Nc1ccccc1-c1ccco1.O=S(=O)(Cl)c1cccc(C(F)(F)F)c1.O=S(=O)(Nc1ccccc1-c1ccco1)c1cccc(C(F)(F)F)c1.OB(O)c1ccco1. The Labute approximate surface area is 379 Å². The molecule has 8 rings (SSSR count). The zero-order chi connectivity index (χ0) is 48.5. The Morgan fingerprint density at radius 1 is 0.530 bits per heavy atom. The molecule has 346 valence electrons. The smallest absolute Gasteiger partial charge is 0.473 e. The van der Waals surface area contributed by atoms with Crippen molar-refractivity contribution < 1.29 is 66.5 Å². The number of halogens is 7. The fraction of sp³-hybridized carbons (Fsp3) is 0.0455. The molecule has 0 spiro atoms. The van der Waals surface area contributed by atoms with E-state index in [-0.39, 0.29) is 11.3 Å². The molecule has 3 heterocycles. The third-order valence-electron chi connectivity index (χ3n) is 8.22. The van der Waals surface area contributed by atoms with Crippen LogP contribution in [0.25, 0.3) is 22.6 Å². The van der Waals surface area contributed by atoms with Gasteiger partial charge in [-0.15, -0.1) is 0 Å². The fourth-order valence-electron chi connectivity index (χ4n) is 5.13. The van der Waals surface area contributed by atoms with Crippen molar-refractivity contribution in [2.45, 2.75) is 22.1 Å². The van der Waals surface area contributed by atoms with Gasteiger partial charge < -0.3 is 34.8 Å². The lowest BCUT2D eigenvalue weighted by molar-refractivity contribution is -0.138. The Morgan fingerprint density at radius 3 is 1.44 bits per heavy atom. The maximum atomic E-state index is 12.8. The van der Waals surface area contributed by atoms with Crippen LogP contribution in [-0.4, -0.2) is 34.0 Å². The number of rotatable bonds is 7. The van der Waals surface area contributed by atoms with Gasteiger partial charge in [0.2, 0.25) is 0 Å². The fourth-order valence-corrected chi connectivity index (χ4v) is 7.05. The standard InChI is InChI=1S/C17H12F3NO3S.C10H9NO.C7H4ClF3O2S.C6H7N.C4H5BO3/c18-17(19,20)12-5-3-6-13(11-12)25(22,23)21-15-8-2-1-7-14(15)16-9-4-10-24-16;11-9-5-2-1-4-8(9)10-6-3-7-12-10;8-14(12,13)6-3-1-2-5(4-6)7(9,10)11;7-6-4-2-1-3-5-6;6-5(7)4-2-1-3-8-4/h1-11,21H;1-7H,11H2;1-4H;1-5H,7H2;1-3,6-7H. The van der Waals surface area contributed by atoms with Crippen molar-refractivity contribution in [2.24, 2.45) is 0 Å². The third kappa shape index (κ3) is 16.3. The van der Waals surface area contributed by atoms with E-state index in [0.29, 0.717) is 23.5 Å². The number of nitrogen functional groups attached to an aromatic ring is 2. The summed E-state index contributed by atoms with van der Waals surface area (Å²) in [5.74, 6) is 1.25. The zero-order valence-electron chi connectivity index (χ0n) is 33.8. The molecule has 7 N–H and O–H groups in total. The molecule has 0 bridgehead atoms. The van der Waals surface area contributed by atoms with Crippen molar-refractivity contribution in [3.63, 3.8) is 0 Å². The average molecular weight is 976 g/mol. The Balaban J connectivity index is 0.000000197. The van der Waals surface area contributed by atoms with E-state index in [1.54, 1.807) is 42.7 Å². The first-order valence-electron chi connectivity index (χ1n) is 18.6. The molecule has 0 saturated carbocycles. The maximum Gasteiger partial charge on any atom is 0.526 e. The van der Waals surface area contributed by atoms with Gasteiger partial charge in [-0.3, -0.25) is 4.72 Å². The molecule has 0 amide bonds. The van der Waals surface area contributed by atoms with Crippen molar-refractivity contribution in [1.29, 1.82) is 0 Å². The van der Waals surface area contributed by atoms with Crippen molar-refractivity contribution in [3.8, 4) is 22.6 Å². The van der Waals surface area contributed by atoms with Crippen LogP contribution in [0.4, 0.5) is 43.4 Å². The summed E-state index contributed by atoms with van der Waals surface area (Å²) < 4.78 is 139. The molecule has 0 radical (unpaired) electrons. The molecule has 0 saturated heterocycles. The summed E-state index contributed by atoms with van der Waals surface area (Å²) in [4.78, 5) is -1.04. The van der Waals surface area contributed by atoms with Gasteiger partial charge in [0.1, 0.15) is 17.2 Å². The molecule has 12 nitrogen and oxygen atoms in total. The molecule has 0 aliphatic rings. The van der Waals surface area contributed by atoms with Crippen LogP contribution in [-0.2, 0) is 31.4 Å². The highest BCUT2D eigenvalue weighted by Gasteiger charge is 2.32. The molecule has 0 unspecified atom stereocenters. The number of nitrogens with two attached hydrogens (primary N) is 2. The average Bonchev–Trinajstić information content (AvgIpc) is 4.11. The second kappa shape index (κ2) is 23.3. The van der Waals surface area contributed by atoms with Crippen LogP contribution in [0.2, 0.25) is 0 Å². The van der Waals surface area contributed by atoms with E-state index < -0.39 is 59.5 Å². The predicted octanol–water partition coefficient (Wildman–Crippen LogP) is 10.2. The van der Waals surface area contributed by atoms with E-state index in [2.05, 4.69) is 9.14 Å². The Morgan fingerprint density at radius 2 is 1.00 bits per heavy atom. The molecule has 5 aromatic carbocycles. The molecular weight excluding hydrogens is 939 g/mol. The van der Waals surface area contributed by atoms with Crippen molar-refractivity contribution >= 4 is 59.6 Å². The topological polar surface area (TPSA) is 212 Å². The first-order chi connectivity index (χ1) is 31.1. The Hall–Kier alpha value is -6.91. The van der Waals surface area contributed by atoms with Gasteiger partial charge in [0.05, 0.1) is 45.4 Å². The van der Waals surface area contributed by atoms with Crippen LogP contribution < -0.4 is 21.8 Å². The molecule has 22 heteroatoms. The number of furan rings is 3. The largest absolute Gasteiger partial charge is 0.526 e. The van der Waals surface area contributed by atoms with Gasteiger partial charge in [-0.25, -0.2) is 16.8 Å². The molecule has 3 aromatic heterocycles. The minimum Gasteiger partial charge on any atom is -0.473 e. The van der Waals surface area contributed by atoms with Crippen molar-refractivity contribution in [3.05, 3.63) is 194 Å². The zero-order valence-corrected chi connectivity index (χ0v) is 36.2. The number of alkyl halides is 6. The molecule has 0 aliphatic carbocycles. The van der Waals surface area contributed by atoms with Gasteiger partial charge in [0.15, 0.2) is 0 Å². The lowest BCUT2D eigenvalue weighted by atomic mass is 9.88. The number of nitrogens with one attached hydrogen (secondary N) is 1. The second-order valence-corrected chi connectivity index (χ2v) is 17.2. The maximum absolute atomic E-state index is 12.8. The summed E-state index contributed by atoms with van der Waals surface area (Å²) in [6.45, 7) is 0. The lowest BCUT2D eigenvalue weighted by Crippen LogP contribution is -2.27. The number of sulfonamides is 1. The number of hydrogen-bond acceptors (Lipinski definition) is 11. The molecule has 66 heavy (non-hydrogen) atoms. The van der Waals surface area contributed by atoms with Gasteiger partial charge in [-0.2, -0.15) is 26.3 Å². The van der Waals surface area contributed by atoms with Crippen LogP contribution in [0, 0.1) is 0 Å². The highest BCUT2D eigenvalue weighted by Crippen LogP contribution is 2.34. The highest BCUT2D eigenvalue weighted by atomic mass is 35.7. The van der Waals surface area contributed by atoms with Crippen molar-refractivity contribution in [2.75, 3.05) is 16.2 Å². The molecule has 0 atom stereocenters. The predicted molar refractivity (Wildman–Crippen MR) is 239 cm³/mol. The van der Waals surface area contributed by atoms with E-state index in [4.69, 9.17) is 41.0 Å². The van der Waals surface area contributed by atoms with Crippen LogP contribution in [0.3, 0.4) is 0 Å². The van der Waals surface area contributed by atoms with Gasteiger partial charge in [0.25, 0.3) is 19.1 Å². The molecule has 8 aromatic rings. The normalized spacial score (nSPS) is 11.2. The third-order valence-corrected chi connectivity index (χ3v) is 10.9. The first-order valence-corrected chi connectivity index (χ1v) is 22.4. The monoisotopic (exact) mass is 975 g/mol. The van der Waals surface area contributed by atoms with Crippen molar-refractivity contribution in [1.82, 2.24) is 0 Å². The minimum absolute atomic E-state index is 0.171. The summed E-state index contributed by atoms with van der Waals surface area (Å²) in [5, 5.41) is 16.7. The lowest BCUT2D eigenvalue weighted by Gasteiger charge is -2.13. The molecular formula is C44H37BClF6N3O9S2. The van der Waals surface area contributed by atoms with E-state index in [9.17, 15) is 43.2 Å². The van der Waals surface area contributed by atoms with E-state index in [0.717, 1.165) is 59.1 Å². The van der Waals surface area contributed by atoms with E-state index >= 15 is 0 Å². The van der Waals surface area contributed by atoms with Gasteiger partial charge in [-0.05, 0) is 109 Å². The molecule has 0 aliphatic heterocycles. The van der Waals surface area contributed by atoms with Crippen LogP contribution in [0.15, 0.2) is 206 Å². The Kier molecular flexibility index (Phi) is 18.3. The number of anilines is 3. The second-order valence-electron chi connectivity index (χ2n) is 13.0. The summed E-state index contributed by atoms with van der Waals surface area (Å²) in [7, 11) is -4.91. The van der Waals surface area contributed by atoms with Crippen LogP contribution in [0.5, 0.6) is 0 Å². The summed E-state index contributed by atoms with van der Waals surface area (Å²) in [6.07, 6.45) is -4.74. The first kappa shape index (κ1) is 51.7. The van der Waals surface area contributed by atoms with E-state index in [1.807, 2.05) is 66.7 Å². The number of benzene rings is 5. The highest BCUT2D eigenvalue weighted by molar-refractivity contribution is 8.13. The van der Waals surface area contributed by atoms with Gasteiger partial charge in [0, 0.05) is 33.2 Å². The Bertz CT molecular complexity index is 2920. The van der Waals surface area contributed by atoms with Crippen LogP contribution >= 0.6 is 10.7 Å². The minimum atomic E-state index is -4.63. The number of para-hydroxylation sites is 3. The van der Waals surface area contributed by atoms with Crippen LogP contribution in [0.1, 0.15) is 11.1 Å². The summed E-state index contributed by atoms with van der Waals surface area (Å²) >= 11 is 0. The number of hydrogen-bond donors (Lipinski definition) is 5. The van der Waals surface area contributed by atoms with Gasteiger partial charge >= 0.3 is 19.5 Å². The van der Waals surface area contributed by atoms with E-state index in [1.165, 1.54) is 24.7 Å². The summed E-state index contributed by atoms with van der Waals surface area (Å²) in [6, 6.07) is 40.5. The molecule has 0 fully saturated rings. The summed E-state index contributed by atoms with van der Waals surface area (Å²) in [5.41, 5.74) is 12.4. The quantitative estimate of drug-likeness (QED) is 0.0439. The van der Waals surface area contributed by atoms with Gasteiger partial charge in [-0.1, -0.05) is 54.6 Å².